The summed E-state index contributed by atoms with van der Waals surface area (Å²) in [4.78, 5) is 13.1. The predicted octanol–water partition coefficient (Wildman–Crippen LogP) is 8.60. The van der Waals surface area contributed by atoms with Gasteiger partial charge in [0.25, 0.3) is 5.91 Å². The molecule has 0 aliphatic heterocycles. The van der Waals surface area contributed by atoms with Crippen LogP contribution in [0.5, 0.6) is 5.75 Å². The standard InChI is InChI=1S/C35H50N2O2/c1-23(2)10-9-11-24(3)28-17-18-29-32-30(19-21-35(28,29)5)34(4)20-8-7-12-26(34)22-31(32)36-37-33(38)25-13-15-27(39-6)16-14-25/h7,12-16,22-24,28-30,32H,8-11,17-21H2,1-6H3,(H,37,38)/b36-31-/t24-,28-,29+,30+,32+,34+,35-/m1/s1. The van der Waals surface area contributed by atoms with Gasteiger partial charge < -0.3 is 4.74 Å². The highest BCUT2D eigenvalue weighted by Crippen LogP contribution is 2.66. The Morgan fingerprint density at radius 3 is 2.54 bits per heavy atom. The van der Waals surface area contributed by atoms with Gasteiger partial charge in [-0.3, -0.25) is 4.79 Å². The number of fused-ring (bicyclic) bond motifs is 5. The molecule has 4 heteroatoms. The monoisotopic (exact) mass is 530 g/mol. The Hall–Kier alpha value is -2.36. The first-order valence-electron chi connectivity index (χ1n) is 15.6. The van der Waals surface area contributed by atoms with Crippen LogP contribution in [0.4, 0.5) is 0 Å². The zero-order valence-corrected chi connectivity index (χ0v) is 25.1. The number of carbonyl (C=O) groups excluding carboxylic acids is 1. The maximum Gasteiger partial charge on any atom is 0.271 e. The minimum atomic E-state index is -0.158. The van der Waals surface area contributed by atoms with Crippen LogP contribution in [0.25, 0.3) is 0 Å². The van der Waals surface area contributed by atoms with Gasteiger partial charge in [0.05, 0.1) is 12.8 Å². The van der Waals surface area contributed by atoms with Gasteiger partial charge >= 0.3 is 0 Å². The van der Waals surface area contributed by atoms with Gasteiger partial charge in [-0.1, -0.05) is 66.0 Å². The molecule has 0 heterocycles. The molecule has 5 rings (SSSR count). The van der Waals surface area contributed by atoms with Crippen molar-refractivity contribution in [1.29, 1.82) is 0 Å². The number of nitrogens with zero attached hydrogens (tertiary/aromatic N) is 1. The average molecular weight is 531 g/mol. The van der Waals surface area contributed by atoms with Crippen molar-refractivity contribution in [2.75, 3.05) is 7.11 Å². The zero-order valence-electron chi connectivity index (χ0n) is 25.1. The molecule has 0 radical (unpaired) electrons. The highest BCUT2D eigenvalue weighted by atomic mass is 16.5. The molecule has 0 bridgehead atoms. The van der Waals surface area contributed by atoms with Gasteiger partial charge in [0.1, 0.15) is 5.75 Å². The molecule has 2 saturated carbocycles. The van der Waals surface area contributed by atoms with Crippen LogP contribution >= 0.6 is 0 Å². The number of hydrogen-bond donors (Lipinski definition) is 1. The molecule has 0 unspecified atom stereocenters. The van der Waals surface area contributed by atoms with E-state index in [9.17, 15) is 4.79 Å². The van der Waals surface area contributed by atoms with E-state index in [1.165, 1.54) is 56.9 Å². The van der Waals surface area contributed by atoms with Crippen LogP contribution in [0.15, 0.2) is 53.2 Å². The van der Waals surface area contributed by atoms with Crippen molar-refractivity contribution < 1.29 is 9.53 Å². The van der Waals surface area contributed by atoms with E-state index in [0.29, 0.717) is 28.7 Å². The topological polar surface area (TPSA) is 50.7 Å². The van der Waals surface area contributed by atoms with E-state index in [4.69, 9.17) is 9.84 Å². The van der Waals surface area contributed by atoms with E-state index in [1.54, 1.807) is 19.2 Å². The molecule has 4 aliphatic carbocycles. The van der Waals surface area contributed by atoms with E-state index in [2.05, 4.69) is 58.3 Å². The summed E-state index contributed by atoms with van der Waals surface area (Å²) in [6, 6.07) is 7.26. The fraction of sp³-hybridized carbons (Fsp3) is 0.657. The number of nitrogens with one attached hydrogen (secondary N) is 1. The first-order valence-corrected chi connectivity index (χ1v) is 15.6. The summed E-state index contributed by atoms with van der Waals surface area (Å²) in [6.45, 7) is 12.3. The SMILES string of the molecule is COc1ccc(C(=O)N/N=C2/C=C3C=CCC[C@]3(C)[C@H]3CC[C@]4(C)[C@@H]([C@H](C)CCCC(C)C)CC[C@H]4[C@H]23)cc1. The number of ether oxygens (including phenoxy) is 1. The van der Waals surface area contributed by atoms with Gasteiger partial charge in [-0.05, 0) is 115 Å². The highest BCUT2D eigenvalue weighted by molar-refractivity contribution is 6.01. The summed E-state index contributed by atoms with van der Waals surface area (Å²) in [7, 11) is 1.64. The van der Waals surface area contributed by atoms with E-state index < -0.39 is 0 Å². The second kappa shape index (κ2) is 11.3. The third kappa shape index (κ3) is 5.25. The van der Waals surface area contributed by atoms with Crippen molar-refractivity contribution in [2.24, 2.45) is 51.4 Å². The molecule has 0 aromatic heterocycles. The maximum absolute atomic E-state index is 13.1. The molecule has 0 spiro atoms. The molecule has 1 N–H and O–H groups in total. The van der Waals surface area contributed by atoms with Crippen molar-refractivity contribution in [3.8, 4) is 5.75 Å². The van der Waals surface area contributed by atoms with Gasteiger partial charge in [0.15, 0.2) is 0 Å². The third-order valence-electron chi connectivity index (χ3n) is 11.4. The Morgan fingerprint density at radius 2 is 1.82 bits per heavy atom. The number of allylic oxidation sites excluding steroid dienone is 4. The number of benzene rings is 1. The first kappa shape index (κ1) is 28.2. The van der Waals surface area contributed by atoms with Crippen LogP contribution in [0.2, 0.25) is 0 Å². The number of hydrogen-bond acceptors (Lipinski definition) is 3. The van der Waals surface area contributed by atoms with Gasteiger partial charge in [0.2, 0.25) is 0 Å². The molecule has 1 aromatic carbocycles. The minimum Gasteiger partial charge on any atom is -0.497 e. The summed E-state index contributed by atoms with van der Waals surface area (Å²) >= 11 is 0. The Morgan fingerprint density at radius 1 is 1.05 bits per heavy atom. The third-order valence-corrected chi connectivity index (χ3v) is 11.4. The molecule has 7 atom stereocenters. The molecule has 212 valence electrons. The molecule has 1 aromatic rings. The average Bonchev–Trinajstić information content (AvgIpc) is 3.28. The lowest BCUT2D eigenvalue weighted by molar-refractivity contribution is -0.0167. The second-order valence-corrected chi connectivity index (χ2v) is 13.9. The lowest BCUT2D eigenvalue weighted by atomic mass is 9.47. The fourth-order valence-electron chi connectivity index (χ4n) is 9.12. The predicted molar refractivity (Wildman–Crippen MR) is 161 cm³/mol. The molecule has 39 heavy (non-hydrogen) atoms. The maximum atomic E-state index is 13.1. The normalized spacial score (nSPS) is 35.2. The molecule has 4 nitrogen and oxygen atoms in total. The largest absolute Gasteiger partial charge is 0.497 e. The summed E-state index contributed by atoms with van der Waals surface area (Å²) < 4.78 is 5.26. The van der Waals surface area contributed by atoms with Crippen molar-refractivity contribution >= 4 is 11.6 Å². The smallest absolute Gasteiger partial charge is 0.271 e. The van der Waals surface area contributed by atoms with E-state index in [-0.39, 0.29) is 11.3 Å². The summed E-state index contributed by atoms with van der Waals surface area (Å²) in [6.07, 6.45) is 18.6. The van der Waals surface area contributed by atoms with Crippen molar-refractivity contribution in [1.82, 2.24) is 5.43 Å². The highest BCUT2D eigenvalue weighted by Gasteiger charge is 2.60. The zero-order chi connectivity index (χ0) is 27.8. The summed E-state index contributed by atoms with van der Waals surface area (Å²) in [5.41, 5.74) is 6.63. The van der Waals surface area contributed by atoms with Crippen molar-refractivity contribution in [3.05, 3.63) is 53.6 Å². The minimum absolute atomic E-state index is 0.158. The number of hydrazone groups is 1. The quantitative estimate of drug-likeness (QED) is 0.342. The van der Waals surface area contributed by atoms with Crippen LogP contribution in [0.3, 0.4) is 0 Å². The van der Waals surface area contributed by atoms with E-state index in [0.717, 1.165) is 35.6 Å². The van der Waals surface area contributed by atoms with Crippen LogP contribution in [0, 0.1) is 46.3 Å². The van der Waals surface area contributed by atoms with Crippen LogP contribution in [0.1, 0.15) is 103 Å². The van der Waals surface area contributed by atoms with Gasteiger partial charge in [-0.15, -0.1) is 0 Å². The number of rotatable bonds is 8. The van der Waals surface area contributed by atoms with Crippen molar-refractivity contribution in [3.63, 3.8) is 0 Å². The van der Waals surface area contributed by atoms with Crippen LogP contribution in [-0.2, 0) is 0 Å². The molecule has 4 aliphatic rings. The van der Waals surface area contributed by atoms with Gasteiger partial charge in [-0.2, -0.15) is 5.10 Å². The Kier molecular flexibility index (Phi) is 8.13. The van der Waals surface area contributed by atoms with Gasteiger partial charge in [-0.25, -0.2) is 5.43 Å². The summed E-state index contributed by atoms with van der Waals surface area (Å²) in [5.74, 6) is 4.57. The molecule has 1 amide bonds. The number of methoxy groups -OCH3 is 1. The van der Waals surface area contributed by atoms with Crippen molar-refractivity contribution in [2.45, 2.75) is 92.4 Å². The Balaban J connectivity index is 1.43. The molecule has 0 saturated heterocycles. The molecule has 2 fully saturated rings. The Bertz CT molecular complexity index is 1130. The second-order valence-electron chi connectivity index (χ2n) is 13.9. The molecular weight excluding hydrogens is 480 g/mol. The van der Waals surface area contributed by atoms with Crippen LogP contribution in [-0.4, -0.2) is 18.7 Å². The van der Waals surface area contributed by atoms with Gasteiger partial charge in [0, 0.05) is 11.5 Å². The first-order chi connectivity index (χ1) is 18.7. The fourth-order valence-corrected chi connectivity index (χ4v) is 9.12. The number of amides is 1. The lowest BCUT2D eigenvalue weighted by Gasteiger charge is -2.57. The summed E-state index contributed by atoms with van der Waals surface area (Å²) in [5, 5.41) is 4.91. The Labute approximate surface area is 236 Å². The van der Waals surface area contributed by atoms with Crippen LogP contribution < -0.4 is 10.2 Å². The van der Waals surface area contributed by atoms with E-state index >= 15 is 0 Å². The number of carbonyl (C=O) groups is 1. The molecular formula is C35H50N2O2. The van der Waals surface area contributed by atoms with E-state index in [1.807, 2.05) is 12.1 Å². The lowest BCUT2D eigenvalue weighted by Crippen LogP contribution is -2.53.